The van der Waals surface area contributed by atoms with Gasteiger partial charge in [0.15, 0.2) is 0 Å². The van der Waals surface area contributed by atoms with Crippen LogP contribution in [0.15, 0.2) is 53.4 Å². The summed E-state index contributed by atoms with van der Waals surface area (Å²) in [4.78, 5) is 12.2. The third-order valence-electron chi connectivity index (χ3n) is 4.34. The Hall–Kier alpha value is -2.58. The number of urea groups is 1. The van der Waals surface area contributed by atoms with Crippen LogP contribution >= 0.6 is 0 Å². The van der Waals surface area contributed by atoms with Crippen LogP contribution in [0.3, 0.4) is 0 Å². The number of carbonyl (C=O) groups is 1. The average molecular weight is 389 g/mol. The summed E-state index contributed by atoms with van der Waals surface area (Å²) in [7, 11) is -2.09. The van der Waals surface area contributed by atoms with Crippen molar-refractivity contribution in [2.75, 3.05) is 36.4 Å². The van der Waals surface area contributed by atoms with Crippen LogP contribution < -0.4 is 14.9 Å². The number of hydrogen-bond donors (Lipinski definition) is 2. The van der Waals surface area contributed by atoms with Crippen LogP contribution in [-0.4, -0.2) is 41.3 Å². The van der Waals surface area contributed by atoms with E-state index in [0.717, 1.165) is 18.4 Å². The van der Waals surface area contributed by atoms with Gasteiger partial charge in [0.25, 0.3) is 10.0 Å². The number of rotatable bonds is 6. The van der Waals surface area contributed by atoms with E-state index >= 15 is 0 Å². The van der Waals surface area contributed by atoms with E-state index in [4.69, 9.17) is 4.74 Å². The number of methoxy groups -OCH3 is 1. The molecule has 144 valence electrons. The Kier molecular flexibility index (Phi) is 5.98. The molecule has 0 bridgehead atoms. The fraction of sp³-hybridized carbons (Fsp3) is 0.316. The molecule has 3 rings (SSSR count). The maximum atomic E-state index is 13.1. The largest absolute Gasteiger partial charge is 0.383 e. The zero-order chi connectivity index (χ0) is 19.3. The molecule has 0 saturated heterocycles. The highest BCUT2D eigenvalue weighted by Gasteiger charge is 2.29. The fourth-order valence-electron chi connectivity index (χ4n) is 3.03. The van der Waals surface area contributed by atoms with Gasteiger partial charge in [0.1, 0.15) is 0 Å². The first-order chi connectivity index (χ1) is 13.0. The summed E-state index contributed by atoms with van der Waals surface area (Å²) in [5, 5.41) is 5.41. The monoisotopic (exact) mass is 389 g/mol. The van der Waals surface area contributed by atoms with Gasteiger partial charge in [-0.25, -0.2) is 13.2 Å². The van der Waals surface area contributed by atoms with Gasteiger partial charge in [0, 0.05) is 25.9 Å². The van der Waals surface area contributed by atoms with Gasteiger partial charge in [0.2, 0.25) is 0 Å². The second-order valence-electron chi connectivity index (χ2n) is 6.21. The molecule has 0 aromatic heterocycles. The summed E-state index contributed by atoms with van der Waals surface area (Å²) in [6.45, 7) is 1.22. The standard InChI is InChI=1S/C19H23N3O4S/c1-26-13-11-20-19(23)21-16-10-9-15-6-5-12-22(18(15)14-16)27(24,25)17-7-3-2-4-8-17/h2-4,7-10,14H,5-6,11-13H2,1H3,(H2,20,21,23). The van der Waals surface area contributed by atoms with Crippen molar-refractivity contribution in [1.82, 2.24) is 5.32 Å². The normalized spacial score (nSPS) is 13.7. The molecule has 0 atom stereocenters. The van der Waals surface area contributed by atoms with E-state index in [9.17, 15) is 13.2 Å². The molecule has 1 aliphatic heterocycles. The second kappa shape index (κ2) is 8.41. The van der Waals surface area contributed by atoms with Gasteiger partial charge < -0.3 is 15.4 Å². The molecule has 27 heavy (non-hydrogen) atoms. The van der Waals surface area contributed by atoms with Crippen molar-refractivity contribution in [3.05, 3.63) is 54.1 Å². The SMILES string of the molecule is COCCNC(=O)Nc1ccc2c(c1)N(S(=O)(=O)c1ccccc1)CCC2. The zero-order valence-electron chi connectivity index (χ0n) is 15.1. The molecule has 8 heteroatoms. The van der Waals surface area contributed by atoms with E-state index in [-0.39, 0.29) is 10.9 Å². The maximum Gasteiger partial charge on any atom is 0.319 e. The molecule has 1 aliphatic rings. The first-order valence-electron chi connectivity index (χ1n) is 8.77. The Morgan fingerprint density at radius 3 is 2.70 bits per heavy atom. The molecule has 2 aromatic carbocycles. The molecule has 0 saturated carbocycles. The molecular weight excluding hydrogens is 366 g/mol. The van der Waals surface area contributed by atoms with E-state index in [1.807, 2.05) is 6.07 Å². The molecular formula is C19H23N3O4S. The molecule has 1 heterocycles. The van der Waals surface area contributed by atoms with Gasteiger partial charge in [-0.15, -0.1) is 0 Å². The summed E-state index contributed by atoms with van der Waals surface area (Å²) in [5.74, 6) is 0. The number of carbonyl (C=O) groups excluding carboxylic acids is 1. The number of anilines is 2. The lowest BCUT2D eigenvalue weighted by atomic mass is 10.0. The Labute approximate surface area is 159 Å². The number of fused-ring (bicyclic) bond motifs is 1. The molecule has 2 aromatic rings. The second-order valence-corrected chi connectivity index (χ2v) is 8.07. The lowest BCUT2D eigenvalue weighted by Gasteiger charge is -2.31. The molecule has 0 aliphatic carbocycles. The van der Waals surface area contributed by atoms with Crippen molar-refractivity contribution in [3.63, 3.8) is 0 Å². The van der Waals surface area contributed by atoms with Crippen molar-refractivity contribution in [2.24, 2.45) is 0 Å². The Morgan fingerprint density at radius 2 is 1.96 bits per heavy atom. The summed E-state index contributed by atoms with van der Waals surface area (Å²) in [6, 6.07) is 13.4. The third kappa shape index (κ3) is 4.40. The quantitative estimate of drug-likeness (QED) is 0.744. The van der Waals surface area contributed by atoms with Gasteiger partial charge in [0.05, 0.1) is 17.2 Å². The summed E-state index contributed by atoms with van der Waals surface area (Å²) < 4.78 is 32.5. The minimum Gasteiger partial charge on any atom is -0.383 e. The van der Waals surface area contributed by atoms with Crippen LogP contribution in [-0.2, 0) is 21.2 Å². The summed E-state index contributed by atoms with van der Waals surface area (Å²) in [6.07, 6.45) is 1.56. The Morgan fingerprint density at radius 1 is 1.19 bits per heavy atom. The van der Waals surface area contributed by atoms with Gasteiger partial charge in [-0.1, -0.05) is 24.3 Å². The smallest absolute Gasteiger partial charge is 0.319 e. The maximum absolute atomic E-state index is 13.1. The first-order valence-corrected chi connectivity index (χ1v) is 10.2. The number of hydrogen-bond acceptors (Lipinski definition) is 4. The lowest BCUT2D eigenvalue weighted by molar-refractivity contribution is 0.198. The number of ether oxygens (including phenoxy) is 1. The topological polar surface area (TPSA) is 87.7 Å². The lowest BCUT2D eigenvalue weighted by Crippen LogP contribution is -2.36. The van der Waals surface area contributed by atoms with Crippen LogP contribution in [0, 0.1) is 0 Å². The highest BCUT2D eigenvalue weighted by Crippen LogP contribution is 2.34. The van der Waals surface area contributed by atoms with Crippen molar-refractivity contribution < 1.29 is 17.9 Å². The van der Waals surface area contributed by atoms with Gasteiger partial charge in [-0.3, -0.25) is 4.31 Å². The molecule has 0 spiro atoms. The Bertz CT molecular complexity index is 900. The molecule has 2 amide bonds. The molecule has 7 nitrogen and oxygen atoms in total. The molecule has 0 radical (unpaired) electrons. The van der Waals surface area contributed by atoms with Crippen molar-refractivity contribution in [2.45, 2.75) is 17.7 Å². The van der Waals surface area contributed by atoms with Gasteiger partial charge in [-0.05, 0) is 42.7 Å². The summed E-state index contributed by atoms with van der Waals surface area (Å²) >= 11 is 0. The molecule has 0 unspecified atom stereocenters. The predicted molar refractivity (Wildman–Crippen MR) is 105 cm³/mol. The minimum absolute atomic E-state index is 0.258. The van der Waals surface area contributed by atoms with Crippen LogP contribution in [0.25, 0.3) is 0 Å². The van der Waals surface area contributed by atoms with E-state index in [0.29, 0.717) is 31.1 Å². The number of benzene rings is 2. The van der Waals surface area contributed by atoms with E-state index in [1.165, 1.54) is 4.31 Å². The van der Waals surface area contributed by atoms with E-state index < -0.39 is 10.0 Å². The Balaban J connectivity index is 1.85. The first kappa shape index (κ1) is 19.2. The minimum atomic E-state index is -3.65. The van der Waals surface area contributed by atoms with Crippen LogP contribution in [0.5, 0.6) is 0 Å². The van der Waals surface area contributed by atoms with Crippen molar-refractivity contribution >= 4 is 27.4 Å². The number of nitrogens with one attached hydrogen (secondary N) is 2. The molecule has 2 N–H and O–H groups in total. The van der Waals surface area contributed by atoms with Crippen LogP contribution in [0.1, 0.15) is 12.0 Å². The van der Waals surface area contributed by atoms with Gasteiger partial charge in [-0.2, -0.15) is 0 Å². The van der Waals surface area contributed by atoms with Crippen molar-refractivity contribution in [1.29, 1.82) is 0 Å². The summed E-state index contributed by atoms with van der Waals surface area (Å²) in [5.41, 5.74) is 2.10. The van der Waals surface area contributed by atoms with Crippen molar-refractivity contribution in [3.8, 4) is 0 Å². The highest BCUT2D eigenvalue weighted by molar-refractivity contribution is 7.92. The van der Waals surface area contributed by atoms with Crippen LogP contribution in [0.4, 0.5) is 16.2 Å². The fourth-order valence-corrected chi connectivity index (χ4v) is 4.58. The number of sulfonamides is 1. The number of nitrogens with zero attached hydrogens (tertiary/aromatic N) is 1. The third-order valence-corrected chi connectivity index (χ3v) is 6.17. The van der Waals surface area contributed by atoms with Crippen LogP contribution in [0.2, 0.25) is 0 Å². The predicted octanol–water partition coefficient (Wildman–Crippen LogP) is 2.60. The number of aryl methyl sites for hydroxylation is 1. The van der Waals surface area contributed by atoms with E-state index in [2.05, 4.69) is 10.6 Å². The van der Waals surface area contributed by atoms with Gasteiger partial charge >= 0.3 is 6.03 Å². The molecule has 0 fully saturated rings. The number of amides is 2. The van der Waals surface area contributed by atoms with E-state index in [1.54, 1.807) is 49.6 Å². The zero-order valence-corrected chi connectivity index (χ0v) is 16.0. The highest BCUT2D eigenvalue weighted by atomic mass is 32.2. The average Bonchev–Trinajstić information content (AvgIpc) is 2.68.